The van der Waals surface area contributed by atoms with Crippen LogP contribution in [0, 0.1) is 0 Å². The minimum Gasteiger partial charge on any atom is -0.274 e. The minimum atomic E-state index is 0.871. The molecular formula is C9H11ClNO+. The van der Waals surface area contributed by atoms with Crippen LogP contribution < -0.4 is 9.57 Å². The van der Waals surface area contributed by atoms with Crippen molar-refractivity contribution < 1.29 is 9.57 Å². The fraction of sp³-hybridized carbons (Fsp3) is 0.444. The predicted octanol–water partition coefficient (Wildman–Crippen LogP) is 1.17. The van der Waals surface area contributed by atoms with Gasteiger partial charge in [0.15, 0.2) is 0 Å². The highest BCUT2D eigenvalue weighted by atomic mass is 35.5. The molecule has 0 atom stereocenters. The summed E-state index contributed by atoms with van der Waals surface area (Å²) in [7, 11) is 1.67. The summed E-state index contributed by atoms with van der Waals surface area (Å²) in [5, 5.41) is 0.871. The molecule has 1 aliphatic rings. The zero-order valence-electron chi connectivity index (χ0n) is 7.01. The van der Waals surface area contributed by atoms with Crippen molar-refractivity contribution in [2.45, 2.75) is 19.3 Å². The maximum absolute atomic E-state index is 6.03. The molecule has 0 saturated carbocycles. The molecule has 1 heterocycles. The highest BCUT2D eigenvalue weighted by Gasteiger charge is 2.25. The molecule has 1 aromatic rings. The van der Waals surface area contributed by atoms with E-state index in [0.29, 0.717) is 0 Å². The van der Waals surface area contributed by atoms with Crippen LogP contribution in [0.15, 0.2) is 12.3 Å². The van der Waals surface area contributed by atoms with Crippen LogP contribution in [0.2, 0.25) is 5.02 Å². The van der Waals surface area contributed by atoms with Crippen molar-refractivity contribution in [1.29, 1.82) is 0 Å². The molecular weight excluding hydrogens is 174 g/mol. The summed E-state index contributed by atoms with van der Waals surface area (Å²) in [6, 6.07) is 1.88. The third-order valence-electron chi connectivity index (χ3n) is 2.30. The number of hydrogen-bond acceptors (Lipinski definition) is 1. The molecule has 0 aromatic carbocycles. The number of aromatic nitrogens is 1. The molecule has 12 heavy (non-hydrogen) atoms. The van der Waals surface area contributed by atoms with Gasteiger partial charge < -0.3 is 0 Å². The topological polar surface area (TPSA) is 13.1 Å². The summed E-state index contributed by atoms with van der Waals surface area (Å²) in [6.07, 6.45) is 5.21. The van der Waals surface area contributed by atoms with Crippen molar-refractivity contribution in [3.63, 3.8) is 0 Å². The van der Waals surface area contributed by atoms with Crippen LogP contribution in [0.3, 0.4) is 0 Å². The Morgan fingerprint density at radius 2 is 2.33 bits per heavy atom. The number of hydrogen-bond donors (Lipinski definition) is 0. The molecule has 0 bridgehead atoms. The van der Waals surface area contributed by atoms with E-state index in [1.165, 1.54) is 17.7 Å². The van der Waals surface area contributed by atoms with Crippen molar-refractivity contribution in [2.24, 2.45) is 0 Å². The number of fused-ring (bicyclic) bond motifs is 1. The predicted molar refractivity (Wildman–Crippen MR) is 46.2 cm³/mol. The molecule has 1 aliphatic carbocycles. The van der Waals surface area contributed by atoms with Gasteiger partial charge in [-0.05, 0) is 12.8 Å². The van der Waals surface area contributed by atoms with Crippen molar-refractivity contribution in [3.05, 3.63) is 28.5 Å². The molecule has 2 rings (SSSR count). The maximum Gasteiger partial charge on any atom is 0.238 e. The molecule has 0 aliphatic heterocycles. The second kappa shape index (κ2) is 2.94. The molecule has 0 saturated heterocycles. The van der Waals surface area contributed by atoms with E-state index >= 15 is 0 Å². The third-order valence-corrected chi connectivity index (χ3v) is 2.65. The van der Waals surface area contributed by atoms with Gasteiger partial charge in [0.05, 0.1) is 5.02 Å². The first-order valence-electron chi connectivity index (χ1n) is 4.09. The van der Waals surface area contributed by atoms with Gasteiger partial charge in [-0.25, -0.2) is 0 Å². The number of pyridine rings is 1. The van der Waals surface area contributed by atoms with E-state index < -0.39 is 0 Å². The Morgan fingerprint density at radius 1 is 1.50 bits per heavy atom. The van der Waals surface area contributed by atoms with Crippen LogP contribution in [-0.2, 0) is 12.8 Å². The molecule has 3 heteroatoms. The fourth-order valence-corrected chi connectivity index (χ4v) is 1.98. The molecule has 0 radical (unpaired) electrons. The molecule has 0 spiro atoms. The summed E-state index contributed by atoms with van der Waals surface area (Å²) in [4.78, 5) is 5.17. The SMILES string of the molecule is CO[n+]1ccc(Cl)c2c1CCC2. The van der Waals surface area contributed by atoms with E-state index in [-0.39, 0.29) is 0 Å². The number of halogens is 1. The Balaban J connectivity index is 2.57. The lowest BCUT2D eigenvalue weighted by molar-refractivity contribution is -0.890. The van der Waals surface area contributed by atoms with Gasteiger partial charge >= 0.3 is 0 Å². The maximum atomic E-state index is 6.03. The molecule has 0 amide bonds. The monoisotopic (exact) mass is 184 g/mol. The summed E-state index contributed by atoms with van der Waals surface area (Å²) < 4.78 is 1.80. The second-order valence-corrected chi connectivity index (χ2v) is 3.36. The van der Waals surface area contributed by atoms with E-state index in [2.05, 4.69) is 0 Å². The van der Waals surface area contributed by atoms with Gasteiger partial charge in [-0.1, -0.05) is 11.6 Å². The average molecular weight is 185 g/mol. The smallest absolute Gasteiger partial charge is 0.238 e. The highest BCUT2D eigenvalue weighted by molar-refractivity contribution is 6.31. The quantitative estimate of drug-likeness (QED) is 0.598. The van der Waals surface area contributed by atoms with Crippen LogP contribution >= 0.6 is 11.6 Å². The summed E-state index contributed by atoms with van der Waals surface area (Å²) in [5.74, 6) is 0. The Labute approximate surface area is 76.7 Å². The lowest BCUT2D eigenvalue weighted by Crippen LogP contribution is -2.44. The lowest BCUT2D eigenvalue weighted by Gasteiger charge is -1.99. The molecule has 0 fully saturated rings. The van der Waals surface area contributed by atoms with Gasteiger partial charge in [-0.2, -0.15) is 0 Å². The Morgan fingerprint density at radius 3 is 3.08 bits per heavy atom. The van der Waals surface area contributed by atoms with Crippen molar-refractivity contribution in [3.8, 4) is 0 Å². The van der Waals surface area contributed by atoms with Crippen LogP contribution in [-0.4, -0.2) is 7.11 Å². The normalized spacial score (nSPS) is 14.5. The first-order chi connectivity index (χ1) is 5.83. The minimum absolute atomic E-state index is 0.871. The number of nitrogens with zero attached hydrogens (tertiary/aromatic N) is 1. The zero-order chi connectivity index (χ0) is 8.55. The molecule has 2 nitrogen and oxygen atoms in total. The largest absolute Gasteiger partial charge is 0.274 e. The molecule has 0 unspecified atom stereocenters. The van der Waals surface area contributed by atoms with Gasteiger partial charge in [-0.3, -0.25) is 4.84 Å². The first-order valence-corrected chi connectivity index (χ1v) is 4.47. The first kappa shape index (κ1) is 7.87. The standard InChI is InChI=1S/C9H11ClNO/c1-12-11-6-5-8(10)7-3-2-4-9(7)11/h5-6H,2-4H2,1H3/q+1. The van der Waals surface area contributed by atoms with E-state index in [1.807, 2.05) is 12.3 Å². The Bertz CT molecular complexity index is 312. The van der Waals surface area contributed by atoms with E-state index in [4.69, 9.17) is 16.4 Å². The van der Waals surface area contributed by atoms with E-state index in [9.17, 15) is 0 Å². The van der Waals surface area contributed by atoms with Crippen LogP contribution in [0.25, 0.3) is 0 Å². The van der Waals surface area contributed by atoms with Crippen LogP contribution in [0.5, 0.6) is 0 Å². The summed E-state index contributed by atoms with van der Waals surface area (Å²) in [6.45, 7) is 0. The van der Waals surface area contributed by atoms with Crippen molar-refractivity contribution >= 4 is 11.6 Å². The molecule has 64 valence electrons. The fourth-order valence-electron chi connectivity index (χ4n) is 1.72. The van der Waals surface area contributed by atoms with Gasteiger partial charge in [-0.15, -0.1) is 0 Å². The number of rotatable bonds is 1. The van der Waals surface area contributed by atoms with Gasteiger partial charge in [0.25, 0.3) is 0 Å². The van der Waals surface area contributed by atoms with Gasteiger partial charge in [0.2, 0.25) is 11.9 Å². The second-order valence-electron chi connectivity index (χ2n) is 2.95. The van der Waals surface area contributed by atoms with Crippen molar-refractivity contribution in [2.75, 3.05) is 7.11 Å². The van der Waals surface area contributed by atoms with E-state index in [1.54, 1.807) is 11.8 Å². The van der Waals surface area contributed by atoms with Crippen LogP contribution in [0.4, 0.5) is 0 Å². The summed E-state index contributed by atoms with van der Waals surface area (Å²) in [5.41, 5.74) is 2.48. The van der Waals surface area contributed by atoms with Crippen molar-refractivity contribution in [1.82, 2.24) is 0 Å². The van der Waals surface area contributed by atoms with E-state index in [0.717, 1.165) is 17.9 Å². The molecule has 1 aromatic heterocycles. The van der Waals surface area contributed by atoms with Gasteiger partial charge in [0, 0.05) is 22.8 Å². The Kier molecular flexibility index (Phi) is 1.93. The average Bonchev–Trinajstić information content (AvgIpc) is 2.54. The Hall–Kier alpha value is -0.760. The van der Waals surface area contributed by atoms with Crippen LogP contribution in [0.1, 0.15) is 17.7 Å². The highest BCUT2D eigenvalue weighted by Crippen LogP contribution is 2.25. The third kappa shape index (κ3) is 1.07. The zero-order valence-corrected chi connectivity index (χ0v) is 7.77. The molecule has 0 N–H and O–H groups in total. The summed E-state index contributed by atoms with van der Waals surface area (Å²) >= 11 is 6.03. The van der Waals surface area contributed by atoms with Gasteiger partial charge in [0.1, 0.15) is 7.11 Å². The lowest BCUT2D eigenvalue weighted by atomic mass is 10.2.